The fourth-order valence-corrected chi connectivity index (χ4v) is 1.74. The van der Waals surface area contributed by atoms with Crippen LogP contribution in [-0.2, 0) is 11.2 Å². The van der Waals surface area contributed by atoms with E-state index in [9.17, 15) is 9.90 Å². The molecule has 0 saturated carbocycles. The summed E-state index contributed by atoms with van der Waals surface area (Å²) >= 11 is 0. The molecule has 2 heteroatoms. The number of phenolic OH excluding ortho intramolecular Hbond substituents is 1. The van der Waals surface area contributed by atoms with Crippen LogP contribution in [0.2, 0.25) is 0 Å². The fraction of sp³-hybridized carbons (Fsp3) is 0.462. The molecular weight excluding hydrogens is 188 g/mol. The van der Waals surface area contributed by atoms with Gasteiger partial charge in [-0.2, -0.15) is 0 Å². The summed E-state index contributed by atoms with van der Waals surface area (Å²) in [6.45, 7) is 6.06. The minimum Gasteiger partial charge on any atom is -0.507 e. The maximum atomic E-state index is 10.3. The second-order valence-corrected chi connectivity index (χ2v) is 4.16. The second kappa shape index (κ2) is 4.96. The molecule has 0 aliphatic heterocycles. The van der Waals surface area contributed by atoms with E-state index >= 15 is 0 Å². The molecule has 0 radical (unpaired) electrons. The summed E-state index contributed by atoms with van der Waals surface area (Å²) in [5.74, 6) is 0.674. The molecule has 0 spiro atoms. The van der Waals surface area contributed by atoms with Crippen LogP contribution in [0.4, 0.5) is 0 Å². The van der Waals surface area contributed by atoms with Crippen LogP contribution in [0.3, 0.4) is 0 Å². The highest BCUT2D eigenvalue weighted by molar-refractivity contribution is 5.53. The van der Waals surface area contributed by atoms with E-state index in [1.54, 1.807) is 0 Å². The first kappa shape index (κ1) is 11.8. The lowest BCUT2D eigenvalue weighted by atomic mass is 9.94. The zero-order valence-electron chi connectivity index (χ0n) is 9.58. The first-order chi connectivity index (χ1) is 7.07. The number of benzene rings is 1. The summed E-state index contributed by atoms with van der Waals surface area (Å²) in [5, 5.41) is 10.1. The zero-order valence-corrected chi connectivity index (χ0v) is 9.58. The summed E-state index contributed by atoms with van der Waals surface area (Å²) in [6.07, 6.45) is 1.98. The van der Waals surface area contributed by atoms with Gasteiger partial charge in [-0.3, -0.25) is 0 Å². The van der Waals surface area contributed by atoms with Crippen molar-refractivity contribution in [1.29, 1.82) is 0 Å². The Morgan fingerprint density at radius 3 is 2.60 bits per heavy atom. The van der Waals surface area contributed by atoms with Crippen LogP contribution >= 0.6 is 0 Å². The first-order valence-corrected chi connectivity index (χ1v) is 5.33. The Labute approximate surface area is 90.9 Å². The van der Waals surface area contributed by atoms with Crippen LogP contribution in [0.25, 0.3) is 0 Å². The number of carbonyl (C=O) groups excluding carboxylic acids is 1. The molecule has 2 nitrogen and oxygen atoms in total. The van der Waals surface area contributed by atoms with Gasteiger partial charge < -0.3 is 9.90 Å². The van der Waals surface area contributed by atoms with Crippen molar-refractivity contribution < 1.29 is 9.90 Å². The zero-order chi connectivity index (χ0) is 11.4. The van der Waals surface area contributed by atoms with Gasteiger partial charge in [0.2, 0.25) is 0 Å². The third-order valence-electron chi connectivity index (χ3n) is 2.68. The van der Waals surface area contributed by atoms with Gasteiger partial charge in [-0.05, 0) is 36.0 Å². The number of rotatable bonds is 4. The highest BCUT2D eigenvalue weighted by Gasteiger charge is 2.12. The Bertz CT molecular complexity index is 354. The smallest absolute Gasteiger partial charge is 0.122 e. The predicted molar refractivity (Wildman–Crippen MR) is 61.3 cm³/mol. The summed E-state index contributed by atoms with van der Waals surface area (Å²) < 4.78 is 0. The SMILES string of the molecule is Cc1ccc(C(C)C)c(O)c1CCC=O. The molecule has 0 aliphatic rings. The molecule has 0 saturated heterocycles. The lowest BCUT2D eigenvalue weighted by Crippen LogP contribution is -1.97. The maximum absolute atomic E-state index is 10.3. The van der Waals surface area contributed by atoms with E-state index in [-0.39, 0.29) is 0 Å². The number of hydrogen-bond acceptors (Lipinski definition) is 2. The molecule has 0 bridgehead atoms. The number of aryl methyl sites for hydroxylation is 1. The van der Waals surface area contributed by atoms with Crippen molar-refractivity contribution in [3.05, 3.63) is 28.8 Å². The molecule has 1 aromatic rings. The van der Waals surface area contributed by atoms with Crippen molar-refractivity contribution in [3.63, 3.8) is 0 Å². The molecule has 0 heterocycles. The summed E-state index contributed by atoms with van der Waals surface area (Å²) in [4.78, 5) is 10.3. The van der Waals surface area contributed by atoms with E-state index < -0.39 is 0 Å². The minimum atomic E-state index is 0.306. The van der Waals surface area contributed by atoms with Crippen molar-refractivity contribution in [2.24, 2.45) is 0 Å². The molecule has 0 fully saturated rings. The van der Waals surface area contributed by atoms with E-state index in [2.05, 4.69) is 0 Å². The van der Waals surface area contributed by atoms with Gasteiger partial charge in [-0.1, -0.05) is 26.0 Å². The minimum absolute atomic E-state index is 0.306. The molecule has 1 N–H and O–H groups in total. The molecule has 0 unspecified atom stereocenters. The number of phenols is 1. The van der Waals surface area contributed by atoms with E-state index in [1.807, 2.05) is 32.9 Å². The molecular formula is C13H18O2. The number of carbonyl (C=O) groups is 1. The van der Waals surface area contributed by atoms with Crippen molar-refractivity contribution >= 4 is 6.29 Å². The van der Waals surface area contributed by atoms with Gasteiger partial charge in [0.15, 0.2) is 0 Å². The third-order valence-corrected chi connectivity index (χ3v) is 2.68. The summed E-state index contributed by atoms with van der Waals surface area (Å²) in [7, 11) is 0. The Hall–Kier alpha value is -1.31. The van der Waals surface area contributed by atoms with Gasteiger partial charge in [0, 0.05) is 6.42 Å². The van der Waals surface area contributed by atoms with Crippen molar-refractivity contribution in [2.75, 3.05) is 0 Å². The van der Waals surface area contributed by atoms with E-state index in [1.165, 1.54) is 0 Å². The molecule has 0 aliphatic carbocycles. The Morgan fingerprint density at radius 1 is 1.40 bits per heavy atom. The quantitative estimate of drug-likeness (QED) is 0.769. The average Bonchev–Trinajstić information content (AvgIpc) is 2.17. The van der Waals surface area contributed by atoms with Gasteiger partial charge >= 0.3 is 0 Å². The van der Waals surface area contributed by atoms with Crippen LogP contribution in [-0.4, -0.2) is 11.4 Å². The molecule has 0 atom stereocenters. The van der Waals surface area contributed by atoms with Crippen LogP contribution in [0.15, 0.2) is 12.1 Å². The highest BCUT2D eigenvalue weighted by atomic mass is 16.3. The maximum Gasteiger partial charge on any atom is 0.122 e. The van der Waals surface area contributed by atoms with Crippen LogP contribution in [0.1, 0.15) is 42.9 Å². The Morgan fingerprint density at radius 2 is 2.07 bits per heavy atom. The van der Waals surface area contributed by atoms with Gasteiger partial charge in [0.05, 0.1) is 0 Å². The van der Waals surface area contributed by atoms with Crippen molar-refractivity contribution in [1.82, 2.24) is 0 Å². The van der Waals surface area contributed by atoms with Crippen molar-refractivity contribution in [2.45, 2.75) is 39.5 Å². The van der Waals surface area contributed by atoms with Gasteiger partial charge in [0.25, 0.3) is 0 Å². The number of aromatic hydroxyl groups is 1. The second-order valence-electron chi connectivity index (χ2n) is 4.16. The summed E-state index contributed by atoms with van der Waals surface area (Å²) in [5.41, 5.74) is 2.92. The standard InChI is InChI=1S/C13H18O2/c1-9(2)11-7-6-10(3)12(13(11)15)5-4-8-14/h6-9,15H,4-5H2,1-3H3. The Kier molecular flexibility index (Phi) is 3.89. The fourth-order valence-electron chi connectivity index (χ4n) is 1.74. The summed E-state index contributed by atoms with van der Waals surface area (Å²) in [6, 6.07) is 3.97. The lowest BCUT2D eigenvalue weighted by Gasteiger charge is -2.14. The molecule has 0 amide bonds. The molecule has 0 aromatic heterocycles. The van der Waals surface area contributed by atoms with Gasteiger partial charge in [0.1, 0.15) is 12.0 Å². The number of hydrogen-bond donors (Lipinski definition) is 1. The first-order valence-electron chi connectivity index (χ1n) is 5.33. The average molecular weight is 206 g/mol. The lowest BCUT2D eigenvalue weighted by molar-refractivity contribution is -0.107. The van der Waals surface area contributed by atoms with Gasteiger partial charge in [-0.15, -0.1) is 0 Å². The van der Waals surface area contributed by atoms with E-state index in [0.29, 0.717) is 24.5 Å². The largest absolute Gasteiger partial charge is 0.507 e. The van der Waals surface area contributed by atoms with Crippen molar-refractivity contribution in [3.8, 4) is 5.75 Å². The Balaban J connectivity index is 3.11. The van der Waals surface area contributed by atoms with E-state index in [4.69, 9.17) is 0 Å². The van der Waals surface area contributed by atoms with Crippen LogP contribution in [0, 0.1) is 6.92 Å². The number of aldehydes is 1. The van der Waals surface area contributed by atoms with Crippen LogP contribution in [0.5, 0.6) is 5.75 Å². The topological polar surface area (TPSA) is 37.3 Å². The van der Waals surface area contributed by atoms with Gasteiger partial charge in [-0.25, -0.2) is 0 Å². The highest BCUT2D eigenvalue weighted by Crippen LogP contribution is 2.31. The molecule has 82 valence electrons. The van der Waals surface area contributed by atoms with E-state index in [0.717, 1.165) is 23.0 Å². The van der Waals surface area contributed by atoms with Crippen LogP contribution < -0.4 is 0 Å². The molecule has 1 aromatic carbocycles. The third kappa shape index (κ3) is 2.58. The molecule has 1 rings (SSSR count). The normalized spacial score (nSPS) is 10.7. The molecule has 15 heavy (non-hydrogen) atoms. The predicted octanol–water partition coefficient (Wildman–Crippen LogP) is 2.96. The monoisotopic (exact) mass is 206 g/mol.